The van der Waals surface area contributed by atoms with E-state index in [0.29, 0.717) is 5.82 Å². The molecule has 218 valence electrons. The number of nitrogens with zero attached hydrogens (tertiary/aromatic N) is 18. The third-order valence-corrected chi connectivity index (χ3v) is 2.98. The summed E-state index contributed by atoms with van der Waals surface area (Å²) in [6, 6.07) is 0. The first kappa shape index (κ1) is 43.6. The third-order valence-electron chi connectivity index (χ3n) is 2.98. The van der Waals surface area contributed by atoms with Gasteiger partial charge in [0.15, 0.2) is 5.82 Å². The standard InChI is InChI=1S/2C3H6N4.2C3H5N3.C2H4N4.C2H6.4CH4/c1-3-4-5-6-7(3)2;1-3-4-6-7(2)5-3;2*1-6-3-2-4-5-6;1-6-2-3-4-5-6;1-2;;;;/h2*1-2H3;2*2-3H,1H3;2H,1H3;1-2H3;4*1H4. The van der Waals surface area contributed by atoms with Gasteiger partial charge < -0.3 is 0 Å². The van der Waals surface area contributed by atoms with Crippen molar-refractivity contribution in [2.24, 2.45) is 35.2 Å². The Hall–Kier alpha value is -4.51. The van der Waals surface area contributed by atoms with E-state index in [4.69, 9.17) is 0 Å². The molecule has 5 heterocycles. The first-order valence-corrected chi connectivity index (χ1v) is 9.95. The van der Waals surface area contributed by atoms with Crippen LogP contribution in [0.1, 0.15) is 55.2 Å². The van der Waals surface area contributed by atoms with Crippen LogP contribution in [0.25, 0.3) is 0 Å². The van der Waals surface area contributed by atoms with E-state index in [1.807, 2.05) is 34.9 Å². The van der Waals surface area contributed by atoms with Gasteiger partial charge in [-0.25, -0.2) is 9.36 Å². The highest BCUT2D eigenvalue weighted by Crippen LogP contribution is 1.78. The van der Waals surface area contributed by atoms with E-state index in [1.165, 1.54) is 15.8 Å². The Morgan fingerprint density at radius 2 is 1.11 bits per heavy atom. The maximum absolute atomic E-state index is 3.81. The molecule has 0 spiro atoms. The summed E-state index contributed by atoms with van der Waals surface area (Å²) >= 11 is 0. The summed E-state index contributed by atoms with van der Waals surface area (Å²) in [7, 11) is 8.95. The zero-order valence-electron chi connectivity index (χ0n) is 20.9. The number of aromatic nitrogens is 18. The van der Waals surface area contributed by atoms with E-state index in [-0.39, 0.29) is 29.7 Å². The number of hydrogen-bond acceptors (Lipinski definition) is 13. The van der Waals surface area contributed by atoms with E-state index in [1.54, 1.807) is 66.9 Å². The summed E-state index contributed by atoms with van der Waals surface area (Å²) in [5, 5.41) is 46.0. The Morgan fingerprint density at radius 3 is 1.21 bits per heavy atom. The quantitative estimate of drug-likeness (QED) is 0.274. The fourth-order valence-electron chi connectivity index (χ4n) is 1.39. The maximum atomic E-state index is 3.81. The number of aryl methyl sites for hydroxylation is 7. The summed E-state index contributed by atoms with van der Waals surface area (Å²) in [6.45, 7) is 7.65. The molecular weight excluding hydrogens is 492 g/mol. The predicted molar refractivity (Wildman–Crippen MR) is 146 cm³/mol. The van der Waals surface area contributed by atoms with Gasteiger partial charge in [0.25, 0.3) is 0 Å². The number of hydrogen-bond donors (Lipinski definition) is 0. The zero-order valence-corrected chi connectivity index (χ0v) is 20.9. The normalized spacial score (nSPS) is 7.82. The van der Waals surface area contributed by atoms with Crippen molar-refractivity contribution in [2.75, 3.05) is 0 Å². The third kappa shape index (κ3) is 23.2. The molecule has 38 heavy (non-hydrogen) atoms. The lowest BCUT2D eigenvalue weighted by Crippen LogP contribution is -1.92. The molecule has 0 unspecified atom stereocenters. The molecule has 0 atom stereocenters. The molecule has 18 heteroatoms. The van der Waals surface area contributed by atoms with Crippen molar-refractivity contribution in [3.8, 4) is 0 Å². The number of rotatable bonds is 0. The van der Waals surface area contributed by atoms with Gasteiger partial charge in [0.05, 0.1) is 19.4 Å². The molecule has 0 saturated carbocycles. The van der Waals surface area contributed by atoms with Gasteiger partial charge >= 0.3 is 0 Å². The molecule has 0 aromatic carbocycles. The van der Waals surface area contributed by atoms with Gasteiger partial charge in [-0.2, -0.15) is 4.80 Å². The molecule has 0 aliphatic heterocycles. The molecule has 0 radical (unpaired) electrons. The minimum atomic E-state index is 0. The van der Waals surface area contributed by atoms with Crippen LogP contribution in [0, 0.1) is 13.8 Å². The van der Waals surface area contributed by atoms with Gasteiger partial charge in [-0.05, 0) is 39.9 Å². The van der Waals surface area contributed by atoms with Crippen LogP contribution in [0.2, 0.25) is 0 Å². The van der Waals surface area contributed by atoms with Crippen LogP contribution in [0.4, 0.5) is 0 Å². The van der Waals surface area contributed by atoms with Crippen LogP contribution in [0.15, 0.2) is 31.1 Å². The van der Waals surface area contributed by atoms with Crippen LogP contribution in [-0.2, 0) is 35.2 Å². The fourth-order valence-corrected chi connectivity index (χ4v) is 1.39. The maximum Gasteiger partial charge on any atom is 0.171 e. The van der Waals surface area contributed by atoms with Crippen molar-refractivity contribution in [3.63, 3.8) is 0 Å². The molecule has 18 nitrogen and oxygen atoms in total. The Labute approximate surface area is 226 Å². The molecule has 0 saturated heterocycles. The molecule has 0 aliphatic rings. The van der Waals surface area contributed by atoms with Crippen molar-refractivity contribution in [3.05, 3.63) is 42.8 Å². The van der Waals surface area contributed by atoms with Crippen LogP contribution in [0.5, 0.6) is 0 Å². The molecule has 0 bridgehead atoms. The smallest absolute Gasteiger partial charge is 0.171 e. The minimum absolute atomic E-state index is 0. The summed E-state index contributed by atoms with van der Waals surface area (Å²) in [6.07, 6.45) is 8.36. The molecule has 0 N–H and O–H groups in total. The Bertz CT molecular complexity index is 938. The highest BCUT2D eigenvalue weighted by molar-refractivity contribution is 4.69. The minimum Gasteiger partial charge on any atom is -0.256 e. The van der Waals surface area contributed by atoms with E-state index in [0.717, 1.165) is 5.82 Å². The molecule has 5 rings (SSSR count). The molecule has 0 fully saturated rings. The van der Waals surface area contributed by atoms with E-state index < -0.39 is 0 Å². The Kier molecular flexibility index (Phi) is 31.0. The van der Waals surface area contributed by atoms with Gasteiger partial charge in [0, 0.05) is 40.6 Å². The van der Waals surface area contributed by atoms with Crippen molar-refractivity contribution >= 4 is 0 Å². The van der Waals surface area contributed by atoms with Gasteiger partial charge in [-0.15, -0.1) is 30.6 Å². The first-order valence-electron chi connectivity index (χ1n) is 9.95. The van der Waals surface area contributed by atoms with Gasteiger partial charge in [-0.3, -0.25) is 9.36 Å². The van der Waals surface area contributed by atoms with Crippen molar-refractivity contribution < 1.29 is 0 Å². The van der Waals surface area contributed by atoms with Crippen LogP contribution < -0.4 is 0 Å². The van der Waals surface area contributed by atoms with Gasteiger partial charge in [0.2, 0.25) is 0 Å². The lowest BCUT2D eigenvalue weighted by atomic mass is 10.7. The Morgan fingerprint density at radius 1 is 0.579 bits per heavy atom. The van der Waals surface area contributed by atoms with Crippen molar-refractivity contribution in [2.45, 2.75) is 57.4 Å². The van der Waals surface area contributed by atoms with Gasteiger partial charge in [0.1, 0.15) is 12.2 Å². The second kappa shape index (κ2) is 27.1. The molecule has 5 aromatic rings. The summed E-state index contributed by atoms with van der Waals surface area (Å²) in [4.78, 5) is 1.43. The lowest BCUT2D eigenvalue weighted by molar-refractivity contribution is 0.629. The van der Waals surface area contributed by atoms with Crippen molar-refractivity contribution in [1.82, 2.24) is 90.6 Å². The van der Waals surface area contributed by atoms with Crippen LogP contribution in [0.3, 0.4) is 0 Å². The molecular formula is C20H48N18. The topological polar surface area (TPSA) is 192 Å². The number of tetrazole rings is 3. The van der Waals surface area contributed by atoms with Crippen LogP contribution in [-0.4, -0.2) is 90.6 Å². The van der Waals surface area contributed by atoms with Gasteiger partial charge in [-0.1, -0.05) is 54.0 Å². The monoisotopic (exact) mass is 540 g/mol. The molecule has 5 aromatic heterocycles. The summed E-state index contributed by atoms with van der Waals surface area (Å²) < 4.78 is 6.42. The average Bonchev–Trinajstić information content (AvgIpc) is 3.65. The average molecular weight is 541 g/mol. The largest absolute Gasteiger partial charge is 0.256 e. The Balaban J connectivity index is -0.000000115. The SMILES string of the molecule is C.C.C.C.CC.Cc1nnn(C)n1.Cc1nnnn1C.Cn1ccnn1.Cn1ccnn1.Cn1cnnn1. The highest BCUT2D eigenvalue weighted by atomic mass is 15.6. The second-order valence-corrected chi connectivity index (χ2v) is 5.81. The van der Waals surface area contributed by atoms with E-state index >= 15 is 0 Å². The molecule has 0 aliphatic carbocycles. The molecule has 0 amide bonds. The van der Waals surface area contributed by atoms with Crippen LogP contribution >= 0.6 is 0 Å². The lowest BCUT2D eigenvalue weighted by Gasteiger charge is -1.81. The fraction of sp³-hybridized carbons (Fsp3) is 0.650. The van der Waals surface area contributed by atoms with E-state index in [2.05, 4.69) is 67.1 Å². The second-order valence-electron chi connectivity index (χ2n) is 5.81. The van der Waals surface area contributed by atoms with Crippen molar-refractivity contribution in [1.29, 1.82) is 0 Å². The van der Waals surface area contributed by atoms with E-state index in [9.17, 15) is 0 Å². The zero-order chi connectivity index (χ0) is 25.8. The first-order chi connectivity index (χ1) is 16.3. The summed E-state index contributed by atoms with van der Waals surface area (Å²) in [5.74, 6) is 1.54. The summed E-state index contributed by atoms with van der Waals surface area (Å²) in [5.41, 5.74) is 0. The predicted octanol–water partition coefficient (Wildman–Crippen LogP) is 1.45. The highest BCUT2D eigenvalue weighted by Gasteiger charge is 1.87.